The standard InChI is InChI=1S/C11H16N2O2S/c1-7-9(11(14)15)16-10(12-7)8-4-3-5-13(2)6-8/h8H,3-6H2,1-2H3,(H,14,15)/t8-/m1/s1. The van der Waals surface area contributed by atoms with Crippen LogP contribution in [-0.4, -0.2) is 41.1 Å². The lowest BCUT2D eigenvalue weighted by atomic mass is 9.99. The zero-order valence-electron chi connectivity index (χ0n) is 9.56. The van der Waals surface area contributed by atoms with Crippen molar-refractivity contribution in [3.05, 3.63) is 15.6 Å². The molecule has 1 saturated heterocycles. The molecule has 1 aliphatic heterocycles. The van der Waals surface area contributed by atoms with Gasteiger partial charge in [0.05, 0.1) is 10.7 Å². The Hall–Kier alpha value is -0.940. The second-order valence-corrected chi connectivity index (χ2v) is 5.40. The SMILES string of the molecule is Cc1nc([C@@H]2CCCN(C)C2)sc1C(=O)O. The van der Waals surface area contributed by atoms with Gasteiger partial charge in [0.1, 0.15) is 4.88 Å². The summed E-state index contributed by atoms with van der Waals surface area (Å²) in [6.07, 6.45) is 2.29. The molecule has 1 aromatic heterocycles. The summed E-state index contributed by atoms with van der Waals surface area (Å²) in [6.45, 7) is 3.90. The third-order valence-electron chi connectivity index (χ3n) is 2.98. The number of hydrogen-bond acceptors (Lipinski definition) is 4. The number of aromatic carboxylic acids is 1. The van der Waals surface area contributed by atoms with Crippen LogP contribution < -0.4 is 0 Å². The van der Waals surface area contributed by atoms with Crippen LogP contribution in [0.25, 0.3) is 0 Å². The van der Waals surface area contributed by atoms with Crippen molar-refractivity contribution in [3.63, 3.8) is 0 Å². The van der Waals surface area contributed by atoms with Crippen molar-refractivity contribution >= 4 is 17.3 Å². The molecule has 0 saturated carbocycles. The van der Waals surface area contributed by atoms with Crippen LogP contribution in [0.4, 0.5) is 0 Å². The van der Waals surface area contributed by atoms with Gasteiger partial charge in [-0.15, -0.1) is 11.3 Å². The van der Waals surface area contributed by atoms with Gasteiger partial charge in [-0.3, -0.25) is 0 Å². The first kappa shape index (κ1) is 11.5. The number of rotatable bonds is 2. The third-order valence-corrected chi connectivity index (χ3v) is 4.29. The van der Waals surface area contributed by atoms with Crippen molar-refractivity contribution in [1.29, 1.82) is 0 Å². The van der Waals surface area contributed by atoms with E-state index in [1.165, 1.54) is 17.8 Å². The van der Waals surface area contributed by atoms with Crippen molar-refractivity contribution in [1.82, 2.24) is 9.88 Å². The summed E-state index contributed by atoms with van der Waals surface area (Å²) in [5.74, 6) is -0.444. The van der Waals surface area contributed by atoms with E-state index in [2.05, 4.69) is 16.9 Å². The molecular formula is C11H16N2O2S. The highest BCUT2D eigenvalue weighted by atomic mass is 32.1. The number of aromatic nitrogens is 1. The first-order chi connectivity index (χ1) is 7.58. The molecule has 0 spiro atoms. The molecule has 0 aliphatic carbocycles. The van der Waals surface area contributed by atoms with Crippen LogP contribution in [0.1, 0.15) is 39.1 Å². The summed E-state index contributed by atoms with van der Waals surface area (Å²) < 4.78 is 0. The van der Waals surface area contributed by atoms with Crippen molar-refractivity contribution in [3.8, 4) is 0 Å². The first-order valence-corrected chi connectivity index (χ1v) is 6.28. The fourth-order valence-electron chi connectivity index (χ4n) is 2.16. The number of aryl methyl sites for hydroxylation is 1. The fraction of sp³-hybridized carbons (Fsp3) is 0.636. The monoisotopic (exact) mass is 240 g/mol. The molecule has 1 N–H and O–H groups in total. The maximum atomic E-state index is 10.9. The Morgan fingerprint density at radius 1 is 1.62 bits per heavy atom. The minimum atomic E-state index is -0.856. The summed E-state index contributed by atoms with van der Waals surface area (Å²) in [4.78, 5) is 18.0. The summed E-state index contributed by atoms with van der Waals surface area (Å²) in [7, 11) is 2.10. The Balaban J connectivity index is 2.20. The molecule has 0 aromatic carbocycles. The molecule has 1 aliphatic rings. The minimum Gasteiger partial charge on any atom is -0.477 e. The maximum Gasteiger partial charge on any atom is 0.347 e. The number of piperidine rings is 1. The summed E-state index contributed by atoms with van der Waals surface area (Å²) in [5, 5.41) is 9.98. The molecule has 2 rings (SSSR count). The lowest BCUT2D eigenvalue weighted by Gasteiger charge is -2.28. The van der Waals surface area contributed by atoms with Crippen LogP contribution in [0.15, 0.2) is 0 Å². The smallest absolute Gasteiger partial charge is 0.347 e. The average molecular weight is 240 g/mol. The Bertz CT molecular complexity index is 403. The number of likely N-dealkylation sites (tertiary alicyclic amines) is 1. The lowest BCUT2D eigenvalue weighted by molar-refractivity contribution is 0.0701. The number of likely N-dealkylation sites (N-methyl/N-ethyl adjacent to an activating group) is 1. The first-order valence-electron chi connectivity index (χ1n) is 5.47. The minimum absolute atomic E-state index is 0.392. The van der Waals surface area contributed by atoms with E-state index < -0.39 is 5.97 Å². The Labute approximate surface area is 98.9 Å². The average Bonchev–Trinajstić information content (AvgIpc) is 2.60. The van der Waals surface area contributed by atoms with E-state index in [0.717, 1.165) is 24.5 Å². The molecule has 5 heteroatoms. The van der Waals surface area contributed by atoms with Gasteiger partial charge in [0.2, 0.25) is 0 Å². The van der Waals surface area contributed by atoms with Crippen LogP contribution in [0.3, 0.4) is 0 Å². The molecule has 0 radical (unpaired) electrons. The van der Waals surface area contributed by atoms with Crippen LogP contribution >= 0.6 is 11.3 Å². The molecule has 2 heterocycles. The van der Waals surface area contributed by atoms with Gasteiger partial charge in [0.15, 0.2) is 0 Å². The van der Waals surface area contributed by atoms with Gasteiger partial charge in [-0.1, -0.05) is 0 Å². The second-order valence-electron chi connectivity index (χ2n) is 4.37. The van der Waals surface area contributed by atoms with Crippen LogP contribution in [0, 0.1) is 6.92 Å². The molecular weight excluding hydrogens is 224 g/mol. The van der Waals surface area contributed by atoms with Gasteiger partial charge in [-0.05, 0) is 33.4 Å². The van der Waals surface area contributed by atoms with E-state index in [-0.39, 0.29) is 0 Å². The zero-order chi connectivity index (χ0) is 11.7. The Kier molecular flexibility index (Phi) is 3.25. The highest BCUT2D eigenvalue weighted by Crippen LogP contribution is 2.31. The van der Waals surface area contributed by atoms with E-state index in [4.69, 9.17) is 5.11 Å². The van der Waals surface area contributed by atoms with Gasteiger partial charge in [0.25, 0.3) is 0 Å². The number of carbonyl (C=O) groups is 1. The van der Waals surface area contributed by atoms with Crippen LogP contribution in [0.5, 0.6) is 0 Å². The molecule has 1 atom stereocenters. The quantitative estimate of drug-likeness (QED) is 0.858. The largest absolute Gasteiger partial charge is 0.477 e. The number of thiazole rings is 1. The van der Waals surface area contributed by atoms with Gasteiger partial charge >= 0.3 is 5.97 Å². The van der Waals surface area contributed by atoms with Crippen molar-refractivity contribution < 1.29 is 9.90 Å². The van der Waals surface area contributed by atoms with Gasteiger partial charge in [-0.25, -0.2) is 9.78 Å². The molecule has 4 nitrogen and oxygen atoms in total. The van der Waals surface area contributed by atoms with E-state index in [9.17, 15) is 4.79 Å². The number of carboxylic acids is 1. The van der Waals surface area contributed by atoms with Crippen molar-refractivity contribution in [2.45, 2.75) is 25.7 Å². The summed E-state index contributed by atoms with van der Waals surface area (Å²) >= 11 is 1.34. The molecule has 1 aromatic rings. The van der Waals surface area contributed by atoms with E-state index in [0.29, 0.717) is 16.5 Å². The number of nitrogens with zero attached hydrogens (tertiary/aromatic N) is 2. The highest BCUT2D eigenvalue weighted by Gasteiger charge is 2.24. The highest BCUT2D eigenvalue weighted by molar-refractivity contribution is 7.13. The number of hydrogen-bond donors (Lipinski definition) is 1. The van der Waals surface area contributed by atoms with Gasteiger partial charge in [-0.2, -0.15) is 0 Å². The van der Waals surface area contributed by atoms with Gasteiger partial charge < -0.3 is 10.0 Å². The van der Waals surface area contributed by atoms with E-state index in [1.54, 1.807) is 6.92 Å². The summed E-state index contributed by atoms with van der Waals surface area (Å²) in [6, 6.07) is 0. The summed E-state index contributed by atoms with van der Waals surface area (Å²) in [5.41, 5.74) is 0.653. The Morgan fingerprint density at radius 3 is 2.94 bits per heavy atom. The topological polar surface area (TPSA) is 53.4 Å². The number of carboxylic acid groups (broad SMARTS) is 1. The van der Waals surface area contributed by atoms with Crippen LogP contribution in [-0.2, 0) is 0 Å². The Morgan fingerprint density at radius 2 is 2.38 bits per heavy atom. The fourth-order valence-corrected chi connectivity index (χ4v) is 3.19. The molecule has 0 unspecified atom stereocenters. The molecule has 0 amide bonds. The van der Waals surface area contributed by atoms with Crippen molar-refractivity contribution in [2.24, 2.45) is 0 Å². The molecule has 16 heavy (non-hydrogen) atoms. The predicted molar refractivity (Wildman–Crippen MR) is 63.3 cm³/mol. The zero-order valence-corrected chi connectivity index (χ0v) is 10.4. The molecule has 88 valence electrons. The van der Waals surface area contributed by atoms with Crippen molar-refractivity contribution in [2.75, 3.05) is 20.1 Å². The van der Waals surface area contributed by atoms with Gasteiger partial charge in [0, 0.05) is 12.5 Å². The lowest BCUT2D eigenvalue weighted by Crippen LogP contribution is -2.30. The predicted octanol–water partition coefficient (Wildman–Crippen LogP) is 1.96. The van der Waals surface area contributed by atoms with E-state index >= 15 is 0 Å². The molecule has 0 bridgehead atoms. The normalized spacial score (nSPS) is 22.2. The van der Waals surface area contributed by atoms with Crippen LogP contribution in [0.2, 0.25) is 0 Å². The maximum absolute atomic E-state index is 10.9. The second kappa shape index (κ2) is 4.51. The molecule has 1 fully saturated rings. The third kappa shape index (κ3) is 2.25. The van der Waals surface area contributed by atoms with E-state index in [1.807, 2.05) is 0 Å².